The SMILES string of the molecule is CCC=CCc1cccc(C(=O)C=N)c1. The summed E-state index contributed by atoms with van der Waals surface area (Å²) in [7, 11) is 0. The molecule has 0 saturated heterocycles. The van der Waals surface area contributed by atoms with E-state index in [2.05, 4.69) is 19.1 Å². The topological polar surface area (TPSA) is 40.9 Å². The van der Waals surface area contributed by atoms with Crippen LogP contribution in [0.5, 0.6) is 0 Å². The second-order valence-electron chi connectivity index (χ2n) is 3.29. The molecule has 0 aliphatic rings. The Hall–Kier alpha value is -1.70. The molecule has 1 N–H and O–H groups in total. The van der Waals surface area contributed by atoms with Gasteiger partial charge in [-0.3, -0.25) is 4.79 Å². The first-order valence-electron chi connectivity index (χ1n) is 5.06. The number of carbonyl (C=O) groups excluding carboxylic acids is 1. The molecule has 0 fully saturated rings. The molecule has 0 atom stereocenters. The van der Waals surface area contributed by atoms with Gasteiger partial charge >= 0.3 is 0 Å². The van der Waals surface area contributed by atoms with E-state index in [1.54, 1.807) is 6.07 Å². The molecule has 2 heteroatoms. The Balaban J connectivity index is 2.78. The van der Waals surface area contributed by atoms with Crippen LogP contribution in [0.2, 0.25) is 0 Å². The highest BCUT2D eigenvalue weighted by atomic mass is 16.1. The van der Waals surface area contributed by atoms with Crippen LogP contribution in [0.3, 0.4) is 0 Å². The number of benzene rings is 1. The van der Waals surface area contributed by atoms with Crippen molar-refractivity contribution < 1.29 is 4.79 Å². The summed E-state index contributed by atoms with van der Waals surface area (Å²) in [4.78, 5) is 11.2. The second-order valence-corrected chi connectivity index (χ2v) is 3.29. The van der Waals surface area contributed by atoms with Crippen molar-refractivity contribution in [1.82, 2.24) is 0 Å². The predicted molar refractivity (Wildman–Crippen MR) is 62.7 cm³/mol. The number of Topliss-reactive ketones (excluding diaryl/α,β-unsaturated/α-hetero) is 1. The fraction of sp³-hybridized carbons (Fsp3) is 0.231. The molecule has 1 aromatic carbocycles. The first-order chi connectivity index (χ1) is 7.27. The van der Waals surface area contributed by atoms with E-state index in [0.29, 0.717) is 5.56 Å². The lowest BCUT2D eigenvalue weighted by atomic mass is 10.1. The summed E-state index contributed by atoms with van der Waals surface area (Å²) in [5.74, 6) is -0.240. The molecule has 0 heterocycles. The van der Waals surface area contributed by atoms with Crippen LogP contribution in [0.4, 0.5) is 0 Å². The van der Waals surface area contributed by atoms with E-state index < -0.39 is 0 Å². The summed E-state index contributed by atoms with van der Waals surface area (Å²) in [5, 5.41) is 6.90. The van der Waals surface area contributed by atoms with Crippen molar-refractivity contribution in [3.63, 3.8) is 0 Å². The van der Waals surface area contributed by atoms with Gasteiger partial charge in [-0.25, -0.2) is 0 Å². The number of hydrogen-bond donors (Lipinski definition) is 1. The Kier molecular flexibility index (Phi) is 4.48. The molecule has 0 aliphatic carbocycles. The Labute approximate surface area is 90.1 Å². The van der Waals surface area contributed by atoms with Crippen molar-refractivity contribution >= 4 is 12.0 Å². The lowest BCUT2D eigenvalue weighted by molar-refractivity contribution is 0.107. The van der Waals surface area contributed by atoms with E-state index in [9.17, 15) is 4.79 Å². The molecule has 15 heavy (non-hydrogen) atoms. The number of carbonyl (C=O) groups is 1. The van der Waals surface area contributed by atoms with E-state index in [0.717, 1.165) is 24.6 Å². The van der Waals surface area contributed by atoms with E-state index in [1.165, 1.54) is 0 Å². The highest BCUT2D eigenvalue weighted by Gasteiger charge is 2.01. The molecular formula is C13H15NO. The molecule has 1 aromatic rings. The van der Waals surface area contributed by atoms with Gasteiger partial charge in [0.1, 0.15) is 0 Å². The molecule has 0 bridgehead atoms. The molecule has 0 amide bonds. The minimum atomic E-state index is -0.240. The van der Waals surface area contributed by atoms with Crippen molar-refractivity contribution in [1.29, 1.82) is 5.41 Å². The fourth-order valence-electron chi connectivity index (χ4n) is 1.32. The first-order valence-corrected chi connectivity index (χ1v) is 5.06. The van der Waals surface area contributed by atoms with Crippen molar-refractivity contribution in [3.8, 4) is 0 Å². The average Bonchev–Trinajstić information content (AvgIpc) is 2.29. The molecular weight excluding hydrogens is 186 g/mol. The zero-order valence-corrected chi connectivity index (χ0v) is 8.86. The monoisotopic (exact) mass is 201 g/mol. The van der Waals surface area contributed by atoms with Crippen LogP contribution < -0.4 is 0 Å². The molecule has 78 valence electrons. The van der Waals surface area contributed by atoms with Gasteiger partial charge in [-0.05, 0) is 24.5 Å². The summed E-state index contributed by atoms with van der Waals surface area (Å²) in [6.45, 7) is 2.09. The fourth-order valence-corrected chi connectivity index (χ4v) is 1.32. The summed E-state index contributed by atoms with van der Waals surface area (Å²) in [5.41, 5.74) is 1.69. The van der Waals surface area contributed by atoms with Crippen LogP contribution in [0.1, 0.15) is 29.3 Å². The van der Waals surface area contributed by atoms with Crippen LogP contribution in [-0.4, -0.2) is 12.0 Å². The van der Waals surface area contributed by atoms with E-state index in [4.69, 9.17) is 5.41 Å². The Morgan fingerprint density at radius 1 is 1.40 bits per heavy atom. The smallest absolute Gasteiger partial charge is 0.203 e. The Bertz CT molecular complexity index is 380. The highest BCUT2D eigenvalue weighted by Crippen LogP contribution is 2.07. The number of nitrogens with one attached hydrogen (secondary N) is 1. The molecule has 0 unspecified atom stereocenters. The lowest BCUT2D eigenvalue weighted by Crippen LogP contribution is -1.99. The highest BCUT2D eigenvalue weighted by molar-refractivity contribution is 6.34. The van der Waals surface area contributed by atoms with Gasteiger partial charge in [0.25, 0.3) is 0 Å². The predicted octanol–water partition coefficient (Wildman–Crippen LogP) is 3.03. The minimum Gasteiger partial charge on any atom is -0.305 e. The summed E-state index contributed by atoms with van der Waals surface area (Å²) in [6, 6.07) is 7.42. The molecule has 0 aromatic heterocycles. The number of ketones is 1. The van der Waals surface area contributed by atoms with Gasteiger partial charge in [0.15, 0.2) is 0 Å². The van der Waals surface area contributed by atoms with E-state index >= 15 is 0 Å². The minimum absolute atomic E-state index is 0.240. The third kappa shape index (κ3) is 3.50. The first kappa shape index (κ1) is 11.4. The zero-order chi connectivity index (χ0) is 11.1. The summed E-state index contributed by atoms with van der Waals surface area (Å²) in [6.07, 6.45) is 6.91. The van der Waals surface area contributed by atoms with E-state index in [1.807, 2.05) is 18.2 Å². The van der Waals surface area contributed by atoms with Gasteiger partial charge in [0, 0.05) is 5.56 Å². The summed E-state index contributed by atoms with van der Waals surface area (Å²) >= 11 is 0. The molecule has 0 spiro atoms. The van der Waals surface area contributed by atoms with E-state index in [-0.39, 0.29) is 5.78 Å². The van der Waals surface area contributed by atoms with Gasteiger partial charge in [0.2, 0.25) is 5.78 Å². The number of rotatable bonds is 5. The van der Waals surface area contributed by atoms with Crippen molar-refractivity contribution in [2.45, 2.75) is 19.8 Å². The van der Waals surface area contributed by atoms with Gasteiger partial charge in [-0.2, -0.15) is 0 Å². The Morgan fingerprint density at radius 2 is 2.20 bits per heavy atom. The normalized spacial score (nSPS) is 10.5. The number of allylic oxidation sites excluding steroid dienone is 2. The third-order valence-electron chi connectivity index (χ3n) is 2.10. The van der Waals surface area contributed by atoms with Crippen molar-refractivity contribution in [3.05, 3.63) is 47.5 Å². The standard InChI is InChI=1S/C13H15NO/c1-2-3-4-6-11-7-5-8-12(9-11)13(15)10-14/h3-5,7-10,14H,2,6H2,1H3. The maximum atomic E-state index is 11.2. The third-order valence-corrected chi connectivity index (χ3v) is 2.10. The average molecular weight is 201 g/mol. The summed E-state index contributed by atoms with van der Waals surface area (Å²) < 4.78 is 0. The molecule has 1 rings (SSSR count). The largest absolute Gasteiger partial charge is 0.305 e. The quantitative estimate of drug-likeness (QED) is 0.444. The van der Waals surface area contributed by atoms with Crippen molar-refractivity contribution in [2.75, 3.05) is 0 Å². The molecule has 2 nitrogen and oxygen atoms in total. The van der Waals surface area contributed by atoms with Crippen molar-refractivity contribution in [2.24, 2.45) is 0 Å². The van der Waals surface area contributed by atoms with Crippen LogP contribution in [0.15, 0.2) is 36.4 Å². The van der Waals surface area contributed by atoms with Crippen LogP contribution in [-0.2, 0) is 6.42 Å². The van der Waals surface area contributed by atoms with Crippen LogP contribution >= 0.6 is 0 Å². The van der Waals surface area contributed by atoms with Crippen LogP contribution in [0, 0.1) is 5.41 Å². The maximum Gasteiger partial charge on any atom is 0.203 e. The second kappa shape index (κ2) is 5.91. The molecule has 0 aliphatic heterocycles. The van der Waals surface area contributed by atoms with Crippen LogP contribution in [0.25, 0.3) is 0 Å². The van der Waals surface area contributed by atoms with Gasteiger partial charge < -0.3 is 5.41 Å². The van der Waals surface area contributed by atoms with Gasteiger partial charge in [-0.15, -0.1) is 0 Å². The lowest BCUT2D eigenvalue weighted by Gasteiger charge is -1.99. The zero-order valence-electron chi connectivity index (χ0n) is 8.86. The molecule has 0 radical (unpaired) electrons. The molecule has 0 saturated carbocycles. The van der Waals surface area contributed by atoms with Gasteiger partial charge in [0.05, 0.1) is 6.21 Å². The Morgan fingerprint density at radius 3 is 2.87 bits per heavy atom. The van der Waals surface area contributed by atoms with Gasteiger partial charge in [-0.1, -0.05) is 37.3 Å². The maximum absolute atomic E-state index is 11.2. The number of hydrogen-bond acceptors (Lipinski definition) is 2.